The molecule has 2 unspecified atom stereocenters. The summed E-state index contributed by atoms with van der Waals surface area (Å²) < 4.78 is 5.28. The lowest BCUT2D eigenvalue weighted by molar-refractivity contribution is -0.145. The van der Waals surface area contributed by atoms with Gasteiger partial charge >= 0.3 is 12.0 Å². The third-order valence-electron chi connectivity index (χ3n) is 3.92. The maximum Gasteiger partial charge on any atom is 0.341 e. The average molecular weight is 329 g/mol. The molecule has 128 valence electrons. The van der Waals surface area contributed by atoms with Crippen LogP contribution in [0.1, 0.15) is 25.5 Å². The largest absolute Gasteiger partial charge is 0.461 e. The Kier molecular flexibility index (Phi) is 5.73. The SMILES string of the molecule is CC=CCOC(=O)C1C(C)=NC(=O)NC1c1ccc(N(C)C)cc1. The van der Waals surface area contributed by atoms with Crippen LogP contribution < -0.4 is 10.2 Å². The highest BCUT2D eigenvalue weighted by Gasteiger charge is 2.37. The minimum absolute atomic E-state index is 0.208. The molecule has 1 heterocycles. The number of rotatable bonds is 5. The van der Waals surface area contributed by atoms with Gasteiger partial charge in [-0.15, -0.1) is 0 Å². The van der Waals surface area contributed by atoms with E-state index in [-0.39, 0.29) is 6.61 Å². The first kappa shape index (κ1) is 17.7. The maximum atomic E-state index is 12.5. The highest BCUT2D eigenvalue weighted by Crippen LogP contribution is 2.29. The Bertz CT molecular complexity index is 663. The highest BCUT2D eigenvalue weighted by atomic mass is 16.5. The van der Waals surface area contributed by atoms with Gasteiger partial charge in [-0.05, 0) is 31.5 Å². The fourth-order valence-corrected chi connectivity index (χ4v) is 2.60. The van der Waals surface area contributed by atoms with E-state index < -0.39 is 24.0 Å². The van der Waals surface area contributed by atoms with E-state index in [4.69, 9.17) is 4.74 Å². The average Bonchev–Trinajstić information content (AvgIpc) is 2.54. The lowest BCUT2D eigenvalue weighted by Gasteiger charge is -2.29. The zero-order valence-corrected chi connectivity index (χ0v) is 14.4. The number of urea groups is 1. The molecule has 1 aromatic carbocycles. The molecule has 0 aliphatic carbocycles. The van der Waals surface area contributed by atoms with Gasteiger partial charge in [0.25, 0.3) is 0 Å². The number of carbonyl (C=O) groups is 2. The third-order valence-corrected chi connectivity index (χ3v) is 3.92. The number of amides is 2. The molecule has 0 fully saturated rings. The van der Waals surface area contributed by atoms with Gasteiger partial charge in [-0.2, -0.15) is 0 Å². The first-order chi connectivity index (χ1) is 11.4. The number of aliphatic imine (C=N–C) groups is 1. The summed E-state index contributed by atoms with van der Waals surface area (Å²) in [6, 6.07) is 6.79. The maximum absolute atomic E-state index is 12.5. The van der Waals surface area contributed by atoms with Crippen molar-refractivity contribution in [3.8, 4) is 0 Å². The minimum Gasteiger partial charge on any atom is -0.461 e. The molecule has 0 saturated carbocycles. The predicted molar refractivity (Wildman–Crippen MR) is 94.4 cm³/mol. The third kappa shape index (κ3) is 4.01. The summed E-state index contributed by atoms with van der Waals surface area (Å²) in [5.74, 6) is -1.02. The van der Waals surface area contributed by atoms with E-state index >= 15 is 0 Å². The van der Waals surface area contributed by atoms with Crippen molar-refractivity contribution in [3.63, 3.8) is 0 Å². The molecule has 2 atom stereocenters. The van der Waals surface area contributed by atoms with Crippen molar-refractivity contribution >= 4 is 23.4 Å². The Morgan fingerprint density at radius 3 is 2.58 bits per heavy atom. The number of ether oxygens (including phenoxy) is 1. The molecule has 6 nitrogen and oxygen atoms in total. The number of benzene rings is 1. The minimum atomic E-state index is -0.627. The smallest absolute Gasteiger partial charge is 0.341 e. The quantitative estimate of drug-likeness (QED) is 0.666. The van der Waals surface area contributed by atoms with Crippen LogP contribution in [0, 0.1) is 5.92 Å². The van der Waals surface area contributed by atoms with Gasteiger partial charge in [0, 0.05) is 25.5 Å². The molecule has 1 aliphatic heterocycles. The van der Waals surface area contributed by atoms with Crippen molar-refractivity contribution in [2.45, 2.75) is 19.9 Å². The van der Waals surface area contributed by atoms with Crippen molar-refractivity contribution in [2.75, 3.05) is 25.6 Å². The number of anilines is 1. The fourth-order valence-electron chi connectivity index (χ4n) is 2.60. The summed E-state index contributed by atoms with van der Waals surface area (Å²) >= 11 is 0. The Hall–Kier alpha value is -2.63. The summed E-state index contributed by atoms with van der Waals surface area (Å²) in [5, 5.41) is 2.77. The van der Waals surface area contributed by atoms with Gasteiger partial charge in [0.05, 0.1) is 6.04 Å². The van der Waals surface area contributed by atoms with Gasteiger partial charge in [-0.25, -0.2) is 9.79 Å². The number of nitrogens with zero attached hydrogens (tertiary/aromatic N) is 2. The standard InChI is InChI=1S/C18H23N3O3/c1-5-6-11-24-17(22)15-12(2)19-18(23)20-16(15)13-7-9-14(10-8-13)21(3)4/h5-10,15-16H,11H2,1-4H3,(H,20,23). The highest BCUT2D eigenvalue weighted by molar-refractivity contribution is 6.08. The second kappa shape index (κ2) is 7.77. The van der Waals surface area contributed by atoms with E-state index in [9.17, 15) is 9.59 Å². The predicted octanol–water partition coefficient (Wildman–Crippen LogP) is 2.71. The van der Waals surface area contributed by atoms with Gasteiger partial charge in [0.2, 0.25) is 0 Å². The van der Waals surface area contributed by atoms with Crippen LogP contribution in [0.15, 0.2) is 41.4 Å². The van der Waals surface area contributed by atoms with Crippen LogP contribution in [-0.2, 0) is 9.53 Å². The molecule has 0 spiro atoms. The van der Waals surface area contributed by atoms with Crippen LogP contribution in [0.25, 0.3) is 0 Å². The number of carbonyl (C=O) groups excluding carboxylic acids is 2. The fraction of sp³-hybridized carbons (Fsp3) is 0.389. The van der Waals surface area contributed by atoms with Crippen LogP contribution in [0.4, 0.5) is 10.5 Å². The second-order valence-corrected chi connectivity index (χ2v) is 5.84. The summed E-state index contributed by atoms with van der Waals surface area (Å²) in [6.45, 7) is 3.75. The molecule has 0 aromatic heterocycles. The molecule has 0 radical (unpaired) electrons. The number of esters is 1. The number of hydrogen-bond donors (Lipinski definition) is 1. The van der Waals surface area contributed by atoms with Crippen LogP contribution >= 0.6 is 0 Å². The second-order valence-electron chi connectivity index (χ2n) is 5.84. The van der Waals surface area contributed by atoms with E-state index in [2.05, 4.69) is 10.3 Å². The van der Waals surface area contributed by atoms with Gasteiger partial charge in [0.1, 0.15) is 12.5 Å². The molecule has 0 saturated heterocycles. The van der Waals surface area contributed by atoms with E-state index in [1.54, 1.807) is 13.0 Å². The monoisotopic (exact) mass is 329 g/mol. The molecule has 6 heteroatoms. The molecule has 1 aliphatic rings. The van der Waals surface area contributed by atoms with Gasteiger partial charge in [-0.3, -0.25) is 4.79 Å². The van der Waals surface area contributed by atoms with Gasteiger partial charge in [0.15, 0.2) is 0 Å². The van der Waals surface area contributed by atoms with Crippen LogP contribution in [0.5, 0.6) is 0 Å². The van der Waals surface area contributed by atoms with Crippen molar-refractivity contribution in [3.05, 3.63) is 42.0 Å². The van der Waals surface area contributed by atoms with E-state index in [0.29, 0.717) is 5.71 Å². The zero-order chi connectivity index (χ0) is 17.7. The van der Waals surface area contributed by atoms with Crippen LogP contribution in [-0.4, -0.2) is 38.4 Å². The van der Waals surface area contributed by atoms with Crippen molar-refractivity contribution in [1.29, 1.82) is 0 Å². The summed E-state index contributed by atoms with van der Waals surface area (Å²) in [7, 11) is 3.91. The zero-order valence-electron chi connectivity index (χ0n) is 14.4. The lowest BCUT2D eigenvalue weighted by Crippen LogP contribution is -2.44. The van der Waals surface area contributed by atoms with Crippen molar-refractivity contribution < 1.29 is 14.3 Å². The summed E-state index contributed by atoms with van der Waals surface area (Å²) in [4.78, 5) is 30.1. The normalized spacial score (nSPS) is 20.5. The molecule has 24 heavy (non-hydrogen) atoms. The molecule has 2 amide bonds. The molecule has 2 rings (SSSR count). The molecule has 1 N–H and O–H groups in total. The molecular weight excluding hydrogens is 306 g/mol. The van der Waals surface area contributed by atoms with Crippen LogP contribution in [0.2, 0.25) is 0 Å². The lowest BCUT2D eigenvalue weighted by atomic mass is 9.88. The molecule has 0 bridgehead atoms. The topological polar surface area (TPSA) is 71.0 Å². The Morgan fingerprint density at radius 2 is 2.00 bits per heavy atom. The molecular formula is C18H23N3O3. The number of allylic oxidation sites excluding steroid dienone is 1. The number of hydrogen-bond acceptors (Lipinski definition) is 4. The first-order valence-electron chi connectivity index (χ1n) is 7.84. The number of nitrogens with one attached hydrogen (secondary N) is 1. The van der Waals surface area contributed by atoms with Gasteiger partial charge in [-0.1, -0.05) is 24.3 Å². The van der Waals surface area contributed by atoms with Gasteiger partial charge < -0.3 is 15.0 Å². The first-order valence-corrected chi connectivity index (χ1v) is 7.84. The Labute approximate surface area is 142 Å². The van der Waals surface area contributed by atoms with Crippen molar-refractivity contribution in [2.24, 2.45) is 10.9 Å². The van der Waals surface area contributed by atoms with Crippen molar-refractivity contribution in [1.82, 2.24) is 5.32 Å². The summed E-state index contributed by atoms with van der Waals surface area (Å²) in [6.07, 6.45) is 3.57. The van der Waals surface area contributed by atoms with E-state index in [1.165, 1.54) is 0 Å². The van der Waals surface area contributed by atoms with E-state index in [0.717, 1.165) is 11.3 Å². The molecule has 1 aromatic rings. The van der Waals surface area contributed by atoms with Crippen LogP contribution in [0.3, 0.4) is 0 Å². The Morgan fingerprint density at radius 1 is 1.33 bits per heavy atom. The summed E-state index contributed by atoms with van der Waals surface area (Å²) in [5.41, 5.74) is 2.35. The van der Waals surface area contributed by atoms with E-state index in [1.807, 2.05) is 56.3 Å². The Balaban J connectivity index is 2.28.